The molecule has 4 heterocycles. The van der Waals surface area contributed by atoms with E-state index in [2.05, 4.69) is 9.88 Å². The van der Waals surface area contributed by atoms with Gasteiger partial charge in [-0.3, -0.25) is 4.79 Å². The van der Waals surface area contributed by atoms with Crippen molar-refractivity contribution in [2.75, 3.05) is 37.3 Å². The lowest BCUT2D eigenvalue weighted by atomic mass is 9.93. The third-order valence-electron chi connectivity index (χ3n) is 6.21. The van der Waals surface area contributed by atoms with Gasteiger partial charge in [-0.25, -0.2) is 18.4 Å². The number of nitrogens with zero attached hydrogens (tertiary/aromatic N) is 4. The summed E-state index contributed by atoms with van der Waals surface area (Å²) in [6.07, 6.45) is 10.1. The number of amides is 1. The molecule has 2 saturated heterocycles. The summed E-state index contributed by atoms with van der Waals surface area (Å²) < 4.78 is 30.1. The van der Waals surface area contributed by atoms with Crippen LogP contribution in [0, 0.1) is 0 Å². The number of hydrogen-bond acceptors (Lipinski definition) is 7. The maximum atomic E-state index is 12.6. The summed E-state index contributed by atoms with van der Waals surface area (Å²) in [6, 6.07) is 3.70. The Morgan fingerprint density at radius 2 is 1.90 bits per heavy atom. The van der Waals surface area contributed by atoms with Crippen molar-refractivity contribution in [3.63, 3.8) is 0 Å². The van der Waals surface area contributed by atoms with Gasteiger partial charge in [-0.15, -0.1) is 0 Å². The number of aromatic nitrogens is 2. The minimum Gasteiger partial charge on any atom is -0.469 e. The van der Waals surface area contributed by atoms with Crippen LogP contribution < -0.4 is 4.90 Å². The summed E-state index contributed by atoms with van der Waals surface area (Å²) in [5.41, 5.74) is 0.612. The van der Waals surface area contributed by atoms with E-state index < -0.39 is 9.84 Å². The van der Waals surface area contributed by atoms with Crippen LogP contribution in [-0.2, 0) is 21.1 Å². The van der Waals surface area contributed by atoms with E-state index in [1.807, 2.05) is 17.0 Å². The highest BCUT2D eigenvalue weighted by molar-refractivity contribution is 7.90. The second kappa shape index (κ2) is 9.38. The van der Waals surface area contributed by atoms with E-state index in [0.717, 1.165) is 31.7 Å². The van der Waals surface area contributed by atoms with Crippen LogP contribution in [0.25, 0.3) is 0 Å². The fourth-order valence-corrected chi connectivity index (χ4v) is 5.28. The smallest absolute Gasteiger partial charge is 0.225 e. The molecule has 0 aliphatic carbocycles. The summed E-state index contributed by atoms with van der Waals surface area (Å²) in [7, 11) is -3.43. The number of aryl methyl sites for hydroxylation is 1. The van der Waals surface area contributed by atoms with Gasteiger partial charge in [0.2, 0.25) is 11.9 Å². The molecule has 0 atom stereocenters. The normalized spacial score (nSPS) is 18.4. The van der Waals surface area contributed by atoms with Gasteiger partial charge in [0.1, 0.15) is 10.7 Å². The first-order chi connectivity index (χ1) is 14.9. The van der Waals surface area contributed by atoms with Gasteiger partial charge < -0.3 is 14.2 Å². The minimum atomic E-state index is -3.43. The van der Waals surface area contributed by atoms with Crippen LogP contribution in [0.1, 0.15) is 55.9 Å². The summed E-state index contributed by atoms with van der Waals surface area (Å²) in [5, 5.41) is 0. The van der Waals surface area contributed by atoms with Crippen molar-refractivity contribution in [3.05, 3.63) is 36.0 Å². The third-order valence-corrected chi connectivity index (χ3v) is 7.32. The molecule has 31 heavy (non-hydrogen) atoms. The number of furan rings is 1. The van der Waals surface area contributed by atoms with Crippen LogP contribution in [0.2, 0.25) is 0 Å². The highest BCUT2D eigenvalue weighted by Gasteiger charge is 2.30. The molecule has 168 valence electrons. The molecular weight excluding hydrogens is 416 g/mol. The Bertz CT molecular complexity index is 993. The van der Waals surface area contributed by atoms with Gasteiger partial charge in [0.15, 0.2) is 9.84 Å². The van der Waals surface area contributed by atoms with Crippen molar-refractivity contribution in [1.82, 2.24) is 14.9 Å². The maximum Gasteiger partial charge on any atom is 0.225 e. The van der Waals surface area contributed by atoms with E-state index >= 15 is 0 Å². The number of sulfone groups is 1. The standard InChI is InChI=1S/C22H30N4O4S/c1-31(28,29)19-16-23-22(26-11-3-2-4-12-26)24-21(19)17-9-13-25(14-10-17)20(27)8-7-18-6-5-15-30-18/h5-6,15-17H,2-4,7-14H2,1H3. The Hall–Kier alpha value is -2.42. The van der Waals surface area contributed by atoms with Crippen LogP contribution in [0.3, 0.4) is 0 Å². The SMILES string of the molecule is CS(=O)(=O)c1cnc(N2CCCCC2)nc1C1CCN(C(=O)CCc2ccco2)CC1. The highest BCUT2D eigenvalue weighted by atomic mass is 32.2. The Morgan fingerprint density at radius 3 is 2.55 bits per heavy atom. The van der Waals surface area contributed by atoms with Gasteiger partial charge in [-0.1, -0.05) is 0 Å². The highest BCUT2D eigenvalue weighted by Crippen LogP contribution is 2.32. The average Bonchev–Trinajstić information content (AvgIpc) is 3.31. The summed E-state index contributed by atoms with van der Waals surface area (Å²) >= 11 is 0. The van der Waals surface area contributed by atoms with Gasteiger partial charge in [0.05, 0.1) is 18.2 Å². The van der Waals surface area contributed by atoms with Crippen molar-refractivity contribution in [2.45, 2.75) is 55.8 Å². The monoisotopic (exact) mass is 446 g/mol. The van der Waals surface area contributed by atoms with Crippen LogP contribution in [0.4, 0.5) is 5.95 Å². The van der Waals surface area contributed by atoms with Crippen LogP contribution >= 0.6 is 0 Å². The number of rotatable bonds is 6. The molecule has 0 aromatic carbocycles. The quantitative estimate of drug-likeness (QED) is 0.673. The molecule has 2 aliphatic heterocycles. The summed E-state index contributed by atoms with van der Waals surface area (Å²) in [4.78, 5) is 25.9. The molecule has 0 spiro atoms. The molecule has 4 rings (SSSR count). The number of likely N-dealkylation sites (tertiary alicyclic amines) is 1. The predicted octanol–water partition coefficient (Wildman–Crippen LogP) is 2.80. The lowest BCUT2D eigenvalue weighted by Gasteiger charge is -2.33. The van der Waals surface area contributed by atoms with E-state index in [1.54, 1.807) is 6.26 Å². The topological polar surface area (TPSA) is 96.6 Å². The van der Waals surface area contributed by atoms with Crippen LogP contribution in [-0.4, -0.2) is 61.6 Å². The van der Waals surface area contributed by atoms with Gasteiger partial charge >= 0.3 is 0 Å². The number of piperidine rings is 2. The first-order valence-electron chi connectivity index (χ1n) is 11.0. The Kier molecular flexibility index (Phi) is 6.60. The van der Waals surface area contributed by atoms with Crippen molar-refractivity contribution in [2.24, 2.45) is 0 Å². The van der Waals surface area contributed by atoms with Gasteiger partial charge in [0.25, 0.3) is 0 Å². The zero-order chi connectivity index (χ0) is 21.8. The van der Waals surface area contributed by atoms with Crippen molar-refractivity contribution >= 4 is 21.7 Å². The third kappa shape index (κ3) is 5.26. The zero-order valence-electron chi connectivity index (χ0n) is 18.0. The second-order valence-corrected chi connectivity index (χ2v) is 10.5. The van der Waals surface area contributed by atoms with Gasteiger partial charge in [-0.2, -0.15) is 0 Å². The molecule has 1 amide bonds. The van der Waals surface area contributed by atoms with E-state index in [0.29, 0.717) is 50.4 Å². The molecule has 8 nitrogen and oxygen atoms in total. The molecule has 0 radical (unpaired) electrons. The van der Waals surface area contributed by atoms with Gasteiger partial charge in [0, 0.05) is 51.2 Å². The Morgan fingerprint density at radius 1 is 1.16 bits per heavy atom. The van der Waals surface area contributed by atoms with E-state index in [-0.39, 0.29) is 16.7 Å². The van der Waals surface area contributed by atoms with Crippen molar-refractivity contribution in [3.8, 4) is 0 Å². The van der Waals surface area contributed by atoms with Crippen LogP contribution in [0.15, 0.2) is 33.9 Å². The fraction of sp³-hybridized carbons (Fsp3) is 0.591. The molecule has 2 aliphatic rings. The first kappa shape index (κ1) is 21.8. The largest absolute Gasteiger partial charge is 0.469 e. The molecule has 2 aromatic rings. The van der Waals surface area contributed by atoms with Crippen LogP contribution in [0.5, 0.6) is 0 Å². The number of anilines is 1. The lowest BCUT2D eigenvalue weighted by Crippen LogP contribution is -2.38. The maximum absolute atomic E-state index is 12.6. The Labute approximate surface area is 183 Å². The fourth-order valence-electron chi connectivity index (χ4n) is 4.44. The van der Waals surface area contributed by atoms with E-state index in [9.17, 15) is 13.2 Å². The van der Waals surface area contributed by atoms with Gasteiger partial charge in [-0.05, 0) is 44.2 Å². The molecule has 0 bridgehead atoms. The Balaban J connectivity index is 1.45. The molecule has 0 N–H and O–H groups in total. The first-order valence-corrected chi connectivity index (χ1v) is 12.9. The number of carbonyl (C=O) groups excluding carboxylic acids is 1. The van der Waals surface area contributed by atoms with Crippen molar-refractivity contribution < 1.29 is 17.6 Å². The van der Waals surface area contributed by atoms with E-state index in [1.165, 1.54) is 18.9 Å². The molecule has 9 heteroatoms. The number of carbonyl (C=O) groups is 1. The lowest BCUT2D eigenvalue weighted by molar-refractivity contribution is -0.132. The molecule has 0 saturated carbocycles. The molecule has 2 aromatic heterocycles. The van der Waals surface area contributed by atoms with Crippen molar-refractivity contribution in [1.29, 1.82) is 0 Å². The number of hydrogen-bond donors (Lipinski definition) is 0. The summed E-state index contributed by atoms with van der Waals surface area (Å²) in [6.45, 7) is 3.02. The molecular formula is C22H30N4O4S. The minimum absolute atomic E-state index is 0.00499. The molecule has 0 unspecified atom stereocenters. The average molecular weight is 447 g/mol. The van der Waals surface area contributed by atoms with E-state index in [4.69, 9.17) is 9.40 Å². The molecule has 2 fully saturated rings. The second-order valence-electron chi connectivity index (χ2n) is 8.47. The zero-order valence-corrected chi connectivity index (χ0v) is 18.8. The predicted molar refractivity (Wildman–Crippen MR) is 117 cm³/mol. The summed E-state index contributed by atoms with van der Waals surface area (Å²) in [5.74, 6) is 1.55.